The van der Waals surface area contributed by atoms with Crippen LogP contribution in [0.1, 0.15) is 51.3 Å². The third-order valence-electron chi connectivity index (χ3n) is 3.53. The zero-order valence-corrected chi connectivity index (χ0v) is 10.5. The van der Waals surface area contributed by atoms with Crippen molar-refractivity contribution in [2.45, 2.75) is 52.6 Å². The maximum atomic E-state index is 4.36. The van der Waals surface area contributed by atoms with E-state index in [0.717, 1.165) is 31.8 Å². The minimum atomic E-state index is 0.395. The van der Waals surface area contributed by atoms with Gasteiger partial charge in [-0.15, -0.1) is 10.2 Å². The lowest BCUT2D eigenvalue weighted by molar-refractivity contribution is 0.394. The van der Waals surface area contributed by atoms with Crippen molar-refractivity contribution >= 4 is 0 Å². The standard InChI is InChI=1S/C12H22N4/c1-4-9(3)8-11-14-15-12-10(5-2)13-6-7-16(11)12/h9-10,13H,4-8H2,1-3H3. The SMILES string of the molecule is CCC(C)Cc1nnc2n1CCNC2CC. The van der Waals surface area contributed by atoms with E-state index in [1.807, 2.05) is 0 Å². The van der Waals surface area contributed by atoms with Crippen LogP contribution in [0, 0.1) is 5.92 Å². The fraction of sp³-hybridized carbons (Fsp3) is 0.833. The van der Waals surface area contributed by atoms with Gasteiger partial charge >= 0.3 is 0 Å². The Hall–Kier alpha value is -0.900. The van der Waals surface area contributed by atoms with Gasteiger partial charge in [-0.05, 0) is 12.3 Å². The topological polar surface area (TPSA) is 42.7 Å². The molecule has 0 fully saturated rings. The number of hydrogen-bond donors (Lipinski definition) is 1. The van der Waals surface area contributed by atoms with Gasteiger partial charge in [-0.1, -0.05) is 27.2 Å². The van der Waals surface area contributed by atoms with E-state index < -0.39 is 0 Å². The van der Waals surface area contributed by atoms with Crippen molar-refractivity contribution in [3.8, 4) is 0 Å². The summed E-state index contributed by atoms with van der Waals surface area (Å²) < 4.78 is 2.32. The average Bonchev–Trinajstić information content (AvgIpc) is 2.72. The first-order chi connectivity index (χ1) is 7.76. The first-order valence-corrected chi connectivity index (χ1v) is 6.41. The predicted octanol–water partition coefficient (Wildman–Crippen LogP) is 1.92. The molecule has 16 heavy (non-hydrogen) atoms. The molecule has 0 amide bonds. The van der Waals surface area contributed by atoms with Crippen molar-refractivity contribution in [3.05, 3.63) is 11.6 Å². The molecule has 0 radical (unpaired) electrons. The summed E-state index contributed by atoms with van der Waals surface area (Å²) in [5, 5.41) is 12.2. The van der Waals surface area contributed by atoms with E-state index in [9.17, 15) is 0 Å². The largest absolute Gasteiger partial charge is 0.312 e. The molecule has 2 rings (SSSR count). The van der Waals surface area contributed by atoms with E-state index in [-0.39, 0.29) is 0 Å². The highest BCUT2D eigenvalue weighted by atomic mass is 15.3. The molecule has 90 valence electrons. The van der Waals surface area contributed by atoms with Crippen molar-refractivity contribution in [1.82, 2.24) is 20.1 Å². The summed E-state index contributed by atoms with van der Waals surface area (Å²) in [6.07, 6.45) is 3.35. The van der Waals surface area contributed by atoms with E-state index in [1.54, 1.807) is 0 Å². The van der Waals surface area contributed by atoms with Gasteiger partial charge in [-0.3, -0.25) is 0 Å². The smallest absolute Gasteiger partial charge is 0.150 e. The monoisotopic (exact) mass is 222 g/mol. The molecule has 0 aromatic carbocycles. The maximum absolute atomic E-state index is 4.36. The molecular formula is C12H22N4. The molecule has 1 aromatic rings. The molecule has 1 N–H and O–H groups in total. The van der Waals surface area contributed by atoms with Crippen LogP contribution in [-0.2, 0) is 13.0 Å². The van der Waals surface area contributed by atoms with E-state index in [1.165, 1.54) is 12.2 Å². The lowest BCUT2D eigenvalue weighted by Gasteiger charge is -2.24. The van der Waals surface area contributed by atoms with Gasteiger partial charge in [0, 0.05) is 19.5 Å². The van der Waals surface area contributed by atoms with Gasteiger partial charge in [0.05, 0.1) is 6.04 Å². The lowest BCUT2D eigenvalue weighted by Crippen LogP contribution is -2.34. The molecule has 0 spiro atoms. The highest BCUT2D eigenvalue weighted by Gasteiger charge is 2.23. The highest BCUT2D eigenvalue weighted by Crippen LogP contribution is 2.20. The summed E-state index contributed by atoms with van der Waals surface area (Å²) in [4.78, 5) is 0. The second-order valence-corrected chi connectivity index (χ2v) is 4.76. The van der Waals surface area contributed by atoms with Crippen LogP contribution in [0.15, 0.2) is 0 Å². The van der Waals surface area contributed by atoms with Crippen molar-refractivity contribution in [2.24, 2.45) is 5.92 Å². The van der Waals surface area contributed by atoms with Gasteiger partial charge in [0.25, 0.3) is 0 Å². The normalized spacial score (nSPS) is 21.8. The van der Waals surface area contributed by atoms with E-state index in [4.69, 9.17) is 0 Å². The van der Waals surface area contributed by atoms with Gasteiger partial charge in [-0.2, -0.15) is 0 Å². The Balaban J connectivity index is 2.19. The highest BCUT2D eigenvalue weighted by molar-refractivity contribution is 5.04. The van der Waals surface area contributed by atoms with Gasteiger partial charge in [0.15, 0.2) is 0 Å². The summed E-state index contributed by atoms with van der Waals surface area (Å²) in [6, 6.07) is 0.395. The summed E-state index contributed by atoms with van der Waals surface area (Å²) in [7, 11) is 0. The number of fused-ring (bicyclic) bond motifs is 1. The molecule has 2 atom stereocenters. The molecule has 2 unspecified atom stereocenters. The van der Waals surface area contributed by atoms with Gasteiger partial charge < -0.3 is 9.88 Å². The van der Waals surface area contributed by atoms with Crippen LogP contribution in [0.5, 0.6) is 0 Å². The Bertz CT molecular complexity index is 345. The number of hydrogen-bond acceptors (Lipinski definition) is 3. The molecule has 1 aliphatic rings. The minimum Gasteiger partial charge on any atom is -0.312 e. The Morgan fingerprint density at radius 3 is 2.94 bits per heavy atom. The third-order valence-corrected chi connectivity index (χ3v) is 3.53. The van der Waals surface area contributed by atoms with Crippen LogP contribution >= 0.6 is 0 Å². The van der Waals surface area contributed by atoms with Crippen LogP contribution in [0.25, 0.3) is 0 Å². The first-order valence-electron chi connectivity index (χ1n) is 6.41. The van der Waals surface area contributed by atoms with E-state index in [0.29, 0.717) is 12.0 Å². The van der Waals surface area contributed by atoms with Crippen LogP contribution in [0.4, 0.5) is 0 Å². The Kier molecular flexibility index (Phi) is 3.59. The summed E-state index contributed by atoms with van der Waals surface area (Å²) >= 11 is 0. The summed E-state index contributed by atoms with van der Waals surface area (Å²) in [5.41, 5.74) is 0. The molecule has 0 bridgehead atoms. The van der Waals surface area contributed by atoms with Crippen molar-refractivity contribution in [2.75, 3.05) is 6.54 Å². The Morgan fingerprint density at radius 2 is 2.25 bits per heavy atom. The van der Waals surface area contributed by atoms with Crippen LogP contribution in [0.3, 0.4) is 0 Å². The first kappa shape index (κ1) is 11.6. The van der Waals surface area contributed by atoms with E-state index >= 15 is 0 Å². The zero-order valence-electron chi connectivity index (χ0n) is 10.5. The Morgan fingerprint density at radius 1 is 1.44 bits per heavy atom. The molecule has 0 saturated heterocycles. The van der Waals surface area contributed by atoms with Crippen molar-refractivity contribution in [3.63, 3.8) is 0 Å². The van der Waals surface area contributed by atoms with Gasteiger partial charge in [0.1, 0.15) is 11.6 Å². The molecular weight excluding hydrogens is 200 g/mol. The molecule has 1 aromatic heterocycles. The second-order valence-electron chi connectivity index (χ2n) is 4.76. The second kappa shape index (κ2) is 4.95. The fourth-order valence-corrected chi connectivity index (χ4v) is 2.23. The summed E-state index contributed by atoms with van der Waals surface area (Å²) in [6.45, 7) is 8.76. The molecule has 0 saturated carbocycles. The van der Waals surface area contributed by atoms with Crippen LogP contribution < -0.4 is 5.32 Å². The quantitative estimate of drug-likeness (QED) is 0.846. The molecule has 4 heteroatoms. The van der Waals surface area contributed by atoms with E-state index in [2.05, 4.69) is 40.9 Å². The average molecular weight is 222 g/mol. The predicted molar refractivity (Wildman–Crippen MR) is 64.2 cm³/mol. The van der Waals surface area contributed by atoms with Gasteiger partial charge in [-0.25, -0.2) is 0 Å². The van der Waals surface area contributed by atoms with Crippen LogP contribution in [0.2, 0.25) is 0 Å². The maximum Gasteiger partial charge on any atom is 0.150 e. The number of rotatable bonds is 4. The summed E-state index contributed by atoms with van der Waals surface area (Å²) in [5.74, 6) is 3.00. The van der Waals surface area contributed by atoms with Crippen molar-refractivity contribution < 1.29 is 0 Å². The number of nitrogens with zero attached hydrogens (tertiary/aromatic N) is 3. The number of nitrogens with one attached hydrogen (secondary N) is 1. The van der Waals surface area contributed by atoms with Gasteiger partial charge in [0.2, 0.25) is 0 Å². The lowest BCUT2D eigenvalue weighted by atomic mass is 10.0. The minimum absolute atomic E-state index is 0.395. The molecule has 0 aliphatic carbocycles. The molecule has 2 heterocycles. The number of aromatic nitrogens is 3. The Labute approximate surface area is 97.5 Å². The van der Waals surface area contributed by atoms with Crippen molar-refractivity contribution in [1.29, 1.82) is 0 Å². The molecule has 4 nitrogen and oxygen atoms in total. The fourth-order valence-electron chi connectivity index (χ4n) is 2.23. The zero-order chi connectivity index (χ0) is 11.5. The van der Waals surface area contributed by atoms with Crippen LogP contribution in [-0.4, -0.2) is 21.3 Å². The third kappa shape index (κ3) is 2.12. The molecule has 1 aliphatic heterocycles.